The topological polar surface area (TPSA) is 56.2 Å². The minimum absolute atomic E-state index is 0.0947. The first-order valence-electron chi connectivity index (χ1n) is 8.58. The fourth-order valence-corrected chi connectivity index (χ4v) is 3.32. The van der Waals surface area contributed by atoms with Gasteiger partial charge in [-0.2, -0.15) is 0 Å². The van der Waals surface area contributed by atoms with Crippen molar-refractivity contribution < 1.29 is 9.53 Å². The highest BCUT2D eigenvalue weighted by atomic mass is 16.5. The standard InChI is InChI=1S/C18H25N3O2/c1-3-15(18(22)19-13-9-11-23-12-10-13)21-16-8-6-5-7-14(16)20-17(21)4-2/h5-8,13,15H,3-4,9-12H2,1-2H3,(H,19,22)/t15-/m0/s1. The van der Waals surface area contributed by atoms with Crippen LogP contribution in [0.4, 0.5) is 0 Å². The Hall–Kier alpha value is -1.88. The van der Waals surface area contributed by atoms with Crippen LogP contribution in [0.3, 0.4) is 0 Å². The largest absolute Gasteiger partial charge is 0.381 e. The van der Waals surface area contributed by atoms with Gasteiger partial charge in [0.25, 0.3) is 0 Å². The molecule has 124 valence electrons. The van der Waals surface area contributed by atoms with Crippen LogP contribution in [0.15, 0.2) is 24.3 Å². The van der Waals surface area contributed by atoms with E-state index < -0.39 is 0 Å². The van der Waals surface area contributed by atoms with Crippen molar-refractivity contribution >= 4 is 16.9 Å². The average molecular weight is 315 g/mol. The number of fused-ring (bicyclic) bond motifs is 1. The van der Waals surface area contributed by atoms with Gasteiger partial charge in [0.15, 0.2) is 0 Å². The Labute approximate surface area is 137 Å². The molecule has 1 aromatic heterocycles. The van der Waals surface area contributed by atoms with Crippen molar-refractivity contribution in [2.75, 3.05) is 13.2 Å². The summed E-state index contributed by atoms with van der Waals surface area (Å²) >= 11 is 0. The number of carbonyl (C=O) groups is 1. The van der Waals surface area contributed by atoms with E-state index in [0.29, 0.717) is 0 Å². The molecule has 3 rings (SSSR count). The normalized spacial score (nSPS) is 17.3. The van der Waals surface area contributed by atoms with E-state index in [1.165, 1.54) is 0 Å². The smallest absolute Gasteiger partial charge is 0.243 e. The van der Waals surface area contributed by atoms with Gasteiger partial charge in [-0.15, -0.1) is 0 Å². The number of nitrogens with one attached hydrogen (secondary N) is 1. The van der Waals surface area contributed by atoms with Gasteiger partial charge >= 0.3 is 0 Å². The lowest BCUT2D eigenvalue weighted by Gasteiger charge is -2.26. The zero-order valence-electron chi connectivity index (χ0n) is 13.9. The van der Waals surface area contributed by atoms with E-state index in [9.17, 15) is 4.79 Å². The molecule has 1 aliphatic heterocycles. The van der Waals surface area contributed by atoms with E-state index in [1.54, 1.807) is 0 Å². The zero-order valence-corrected chi connectivity index (χ0v) is 13.9. The van der Waals surface area contributed by atoms with Crippen molar-refractivity contribution in [2.45, 2.75) is 51.6 Å². The third-order valence-corrected chi connectivity index (χ3v) is 4.55. The van der Waals surface area contributed by atoms with Crippen LogP contribution in [-0.4, -0.2) is 34.7 Å². The number of hydrogen-bond acceptors (Lipinski definition) is 3. The van der Waals surface area contributed by atoms with Crippen molar-refractivity contribution in [1.29, 1.82) is 0 Å². The summed E-state index contributed by atoms with van der Waals surface area (Å²) in [6.45, 7) is 5.61. The molecule has 1 fully saturated rings. The molecule has 5 nitrogen and oxygen atoms in total. The second kappa shape index (κ2) is 7.13. The van der Waals surface area contributed by atoms with Crippen LogP contribution in [0.5, 0.6) is 0 Å². The number of amides is 1. The predicted molar refractivity (Wildman–Crippen MR) is 90.4 cm³/mol. The van der Waals surface area contributed by atoms with Gasteiger partial charge in [0.2, 0.25) is 5.91 Å². The molecule has 0 radical (unpaired) electrons. The molecule has 1 aromatic carbocycles. The van der Waals surface area contributed by atoms with E-state index in [1.807, 2.05) is 24.3 Å². The first kappa shape index (κ1) is 16.0. The fraction of sp³-hybridized carbons (Fsp3) is 0.556. The maximum Gasteiger partial charge on any atom is 0.243 e. The molecule has 0 saturated carbocycles. The Kier molecular flexibility index (Phi) is 4.96. The Bertz CT molecular complexity index is 674. The van der Waals surface area contributed by atoms with Gasteiger partial charge in [-0.1, -0.05) is 26.0 Å². The quantitative estimate of drug-likeness (QED) is 0.923. The highest BCUT2D eigenvalue weighted by Crippen LogP contribution is 2.24. The van der Waals surface area contributed by atoms with Crippen LogP contribution < -0.4 is 5.32 Å². The lowest BCUT2D eigenvalue weighted by molar-refractivity contribution is -0.125. The number of aryl methyl sites for hydroxylation is 1. The number of para-hydroxylation sites is 2. The van der Waals surface area contributed by atoms with E-state index in [4.69, 9.17) is 9.72 Å². The molecule has 2 heterocycles. The molecule has 1 aliphatic rings. The number of nitrogens with zero attached hydrogens (tertiary/aromatic N) is 2. The first-order chi connectivity index (χ1) is 11.2. The Balaban J connectivity index is 1.89. The summed E-state index contributed by atoms with van der Waals surface area (Å²) in [5, 5.41) is 3.21. The summed E-state index contributed by atoms with van der Waals surface area (Å²) in [6.07, 6.45) is 3.36. The second-order valence-corrected chi connectivity index (χ2v) is 6.06. The van der Waals surface area contributed by atoms with Gasteiger partial charge < -0.3 is 14.6 Å². The average Bonchev–Trinajstić information content (AvgIpc) is 2.95. The van der Waals surface area contributed by atoms with Crippen molar-refractivity contribution in [2.24, 2.45) is 0 Å². The summed E-state index contributed by atoms with van der Waals surface area (Å²) in [6, 6.07) is 8.07. The van der Waals surface area contributed by atoms with E-state index in [0.717, 1.165) is 55.8 Å². The van der Waals surface area contributed by atoms with Crippen LogP contribution in [0, 0.1) is 0 Å². The van der Waals surface area contributed by atoms with Crippen molar-refractivity contribution in [3.63, 3.8) is 0 Å². The molecule has 1 amide bonds. The number of ether oxygens (including phenoxy) is 1. The molecular weight excluding hydrogens is 290 g/mol. The monoisotopic (exact) mass is 315 g/mol. The van der Waals surface area contributed by atoms with Crippen molar-refractivity contribution in [1.82, 2.24) is 14.9 Å². The maximum atomic E-state index is 12.9. The second-order valence-electron chi connectivity index (χ2n) is 6.06. The summed E-state index contributed by atoms with van der Waals surface area (Å²) in [5.74, 6) is 1.07. The van der Waals surface area contributed by atoms with Crippen molar-refractivity contribution in [3.8, 4) is 0 Å². The lowest BCUT2D eigenvalue weighted by atomic mass is 10.1. The van der Waals surface area contributed by atoms with Gasteiger partial charge in [0.1, 0.15) is 11.9 Å². The summed E-state index contributed by atoms with van der Waals surface area (Å²) in [5.41, 5.74) is 2.00. The van der Waals surface area contributed by atoms with Crippen LogP contribution >= 0.6 is 0 Å². The molecule has 2 aromatic rings. The molecule has 0 spiro atoms. The number of imidazole rings is 1. The minimum Gasteiger partial charge on any atom is -0.381 e. The number of aromatic nitrogens is 2. The number of hydrogen-bond donors (Lipinski definition) is 1. The minimum atomic E-state index is -0.208. The van der Waals surface area contributed by atoms with E-state index in [-0.39, 0.29) is 18.0 Å². The summed E-state index contributed by atoms with van der Waals surface area (Å²) in [4.78, 5) is 17.5. The van der Waals surface area contributed by atoms with E-state index in [2.05, 4.69) is 23.7 Å². The van der Waals surface area contributed by atoms with Crippen LogP contribution in [0.2, 0.25) is 0 Å². The molecular formula is C18H25N3O2. The van der Waals surface area contributed by atoms with Crippen LogP contribution in [0.1, 0.15) is 45.0 Å². The highest BCUT2D eigenvalue weighted by Gasteiger charge is 2.26. The molecule has 1 saturated heterocycles. The van der Waals surface area contributed by atoms with Crippen LogP contribution in [0.25, 0.3) is 11.0 Å². The van der Waals surface area contributed by atoms with Gasteiger partial charge in [-0.05, 0) is 31.4 Å². The van der Waals surface area contributed by atoms with Gasteiger partial charge in [-0.3, -0.25) is 4.79 Å². The Morgan fingerprint density at radius 3 is 2.78 bits per heavy atom. The number of benzene rings is 1. The molecule has 0 aliphatic carbocycles. The third kappa shape index (κ3) is 3.24. The molecule has 1 atom stereocenters. The lowest BCUT2D eigenvalue weighted by Crippen LogP contribution is -2.42. The van der Waals surface area contributed by atoms with Gasteiger partial charge in [0.05, 0.1) is 11.0 Å². The predicted octanol–water partition coefficient (Wildman–Crippen LogP) is 2.85. The molecule has 1 N–H and O–H groups in total. The first-order valence-corrected chi connectivity index (χ1v) is 8.58. The third-order valence-electron chi connectivity index (χ3n) is 4.55. The Morgan fingerprint density at radius 1 is 1.35 bits per heavy atom. The SMILES string of the molecule is CCc1nc2ccccc2n1[C@@H](CC)C(=O)NC1CCOCC1. The maximum absolute atomic E-state index is 12.9. The summed E-state index contributed by atoms with van der Waals surface area (Å²) < 4.78 is 7.48. The number of carbonyl (C=O) groups excluding carboxylic acids is 1. The van der Waals surface area contributed by atoms with Crippen molar-refractivity contribution in [3.05, 3.63) is 30.1 Å². The Morgan fingerprint density at radius 2 is 2.09 bits per heavy atom. The molecule has 0 bridgehead atoms. The van der Waals surface area contributed by atoms with Crippen LogP contribution in [-0.2, 0) is 16.0 Å². The molecule has 0 unspecified atom stereocenters. The molecule has 5 heteroatoms. The zero-order chi connectivity index (χ0) is 16.2. The van der Waals surface area contributed by atoms with E-state index >= 15 is 0 Å². The van der Waals surface area contributed by atoms with Gasteiger partial charge in [0, 0.05) is 25.7 Å². The van der Waals surface area contributed by atoms with Gasteiger partial charge in [-0.25, -0.2) is 4.98 Å². The molecule has 23 heavy (non-hydrogen) atoms. The summed E-state index contributed by atoms with van der Waals surface area (Å²) in [7, 11) is 0. The highest BCUT2D eigenvalue weighted by molar-refractivity contribution is 5.84. The number of rotatable bonds is 5. The fourth-order valence-electron chi connectivity index (χ4n) is 3.32.